The van der Waals surface area contributed by atoms with E-state index < -0.39 is 18.0 Å². The lowest BCUT2D eigenvalue weighted by atomic mass is 9.87. The van der Waals surface area contributed by atoms with E-state index in [1.165, 1.54) is 18.1 Å². The van der Waals surface area contributed by atoms with Crippen molar-refractivity contribution >= 4 is 40.6 Å². The van der Waals surface area contributed by atoms with E-state index in [0.717, 1.165) is 16.9 Å². The third-order valence-corrected chi connectivity index (χ3v) is 7.69. The number of rotatable bonds is 8. The number of aromatic carboxylic acids is 1. The summed E-state index contributed by atoms with van der Waals surface area (Å²) >= 11 is 1.52. The zero-order chi connectivity index (χ0) is 27.7. The maximum absolute atomic E-state index is 12.6. The van der Waals surface area contributed by atoms with Crippen molar-refractivity contribution in [1.29, 1.82) is 0 Å². The normalized spacial score (nSPS) is 17.0. The number of carboxylic acid groups (broad SMARTS) is 1. The largest absolute Gasteiger partial charge is 0.478 e. The van der Waals surface area contributed by atoms with Gasteiger partial charge >= 0.3 is 11.9 Å². The van der Waals surface area contributed by atoms with Crippen LogP contribution in [0.25, 0.3) is 16.7 Å². The molecule has 2 atom stereocenters. The number of aryl methyl sites for hydroxylation is 2. The summed E-state index contributed by atoms with van der Waals surface area (Å²) < 4.78 is 13.1. The van der Waals surface area contributed by atoms with Gasteiger partial charge in [0.05, 0.1) is 28.3 Å². The van der Waals surface area contributed by atoms with Gasteiger partial charge in [0, 0.05) is 12.5 Å². The van der Waals surface area contributed by atoms with Crippen molar-refractivity contribution in [3.8, 4) is 5.69 Å². The maximum Gasteiger partial charge on any atom is 0.338 e. The van der Waals surface area contributed by atoms with Crippen LogP contribution in [0.1, 0.15) is 56.7 Å². The molecule has 2 aromatic heterocycles. The van der Waals surface area contributed by atoms with Crippen LogP contribution in [0.4, 0.5) is 5.82 Å². The summed E-state index contributed by atoms with van der Waals surface area (Å²) in [5, 5.41) is 16.3. The topological polar surface area (TPSA) is 142 Å². The molecule has 2 aromatic carbocycles. The van der Waals surface area contributed by atoms with Gasteiger partial charge in [-0.3, -0.25) is 0 Å². The number of fused-ring (bicyclic) bond motifs is 1. The Morgan fingerprint density at radius 3 is 2.69 bits per heavy atom. The summed E-state index contributed by atoms with van der Waals surface area (Å²) in [5.74, 6) is -0.672. The molecule has 10 nitrogen and oxygen atoms in total. The molecule has 202 valence electrons. The number of nitrogen functional groups attached to an aromatic ring is 1. The van der Waals surface area contributed by atoms with Crippen molar-refractivity contribution in [3.63, 3.8) is 0 Å². The number of hydrogen-bond donors (Lipinski definition) is 2. The Bertz CT molecular complexity index is 1550. The smallest absolute Gasteiger partial charge is 0.338 e. The number of carbonyl (C=O) groups excluding carboxylic acids is 1. The first-order valence-corrected chi connectivity index (χ1v) is 13.6. The van der Waals surface area contributed by atoms with Gasteiger partial charge in [0.1, 0.15) is 23.8 Å². The average Bonchev–Trinajstić information content (AvgIpc) is 3.53. The number of anilines is 1. The highest BCUT2D eigenvalue weighted by Crippen LogP contribution is 2.37. The van der Waals surface area contributed by atoms with Crippen LogP contribution in [-0.4, -0.2) is 61.9 Å². The van der Waals surface area contributed by atoms with Crippen molar-refractivity contribution in [1.82, 2.24) is 19.7 Å². The van der Waals surface area contributed by atoms with E-state index in [2.05, 4.69) is 9.97 Å². The molecule has 2 unspecified atom stereocenters. The lowest BCUT2D eigenvalue weighted by Crippen LogP contribution is -2.25. The van der Waals surface area contributed by atoms with E-state index in [1.54, 1.807) is 22.9 Å². The fraction of sp³-hybridized carbons (Fsp3) is 0.321. The molecule has 0 saturated carbocycles. The SMILES string of the molecule is CCSc1nn(-c2cc(C(=O)O)c(C3CCOC3COC(=O)c3ccc(C)cc3)cc2C)c2ncnc(N)c12. The highest BCUT2D eigenvalue weighted by Gasteiger charge is 2.34. The van der Waals surface area contributed by atoms with Crippen LogP contribution in [-0.2, 0) is 9.47 Å². The Kier molecular flexibility index (Phi) is 7.53. The first-order chi connectivity index (χ1) is 18.8. The van der Waals surface area contributed by atoms with Gasteiger partial charge in [-0.05, 0) is 55.3 Å². The van der Waals surface area contributed by atoms with Crippen LogP contribution in [0.15, 0.2) is 47.8 Å². The van der Waals surface area contributed by atoms with E-state index >= 15 is 0 Å². The molecule has 11 heteroatoms. The second-order valence-electron chi connectivity index (χ2n) is 9.41. The molecule has 0 radical (unpaired) electrons. The van der Waals surface area contributed by atoms with Crippen molar-refractivity contribution in [2.75, 3.05) is 24.7 Å². The van der Waals surface area contributed by atoms with Gasteiger partial charge < -0.3 is 20.3 Å². The molecule has 39 heavy (non-hydrogen) atoms. The first kappa shape index (κ1) is 26.6. The monoisotopic (exact) mass is 547 g/mol. The number of thioether (sulfide) groups is 1. The standard InChI is InChI=1S/C28H29N5O5S/c1-4-39-26-23-24(29)30-14-31-25(23)33(32-26)21-12-20(27(34)35)19(11-16(21)3)18-9-10-37-22(18)13-38-28(36)17-7-5-15(2)6-8-17/h5-8,11-12,14,18,22H,4,9-10,13H2,1-3H3,(H,34,35)(H2,29,30,31). The number of aromatic nitrogens is 4. The third-order valence-electron chi connectivity index (χ3n) is 6.84. The molecule has 0 bridgehead atoms. The summed E-state index contributed by atoms with van der Waals surface area (Å²) in [4.78, 5) is 33.6. The number of hydrogen-bond acceptors (Lipinski definition) is 9. The minimum atomic E-state index is -1.07. The number of esters is 1. The summed E-state index contributed by atoms with van der Waals surface area (Å²) in [6.07, 6.45) is 1.52. The second kappa shape index (κ2) is 11.0. The van der Waals surface area contributed by atoms with Gasteiger partial charge in [0.2, 0.25) is 0 Å². The van der Waals surface area contributed by atoms with Gasteiger partial charge in [-0.2, -0.15) is 5.10 Å². The lowest BCUT2D eigenvalue weighted by Gasteiger charge is -2.22. The minimum absolute atomic E-state index is 0.0226. The van der Waals surface area contributed by atoms with Crippen LogP contribution < -0.4 is 5.73 Å². The molecule has 1 fully saturated rings. The molecular formula is C28H29N5O5S. The van der Waals surface area contributed by atoms with Crippen molar-refractivity contribution in [3.05, 3.63) is 70.5 Å². The molecule has 5 rings (SSSR count). The molecule has 3 heterocycles. The molecular weight excluding hydrogens is 518 g/mol. The molecule has 0 spiro atoms. The van der Waals surface area contributed by atoms with Gasteiger partial charge in [-0.15, -0.1) is 11.8 Å². The maximum atomic E-state index is 12.6. The molecule has 1 saturated heterocycles. The van der Waals surface area contributed by atoms with Crippen LogP contribution in [0.5, 0.6) is 0 Å². The molecule has 4 aromatic rings. The predicted octanol–water partition coefficient (Wildman–Crippen LogP) is 4.55. The van der Waals surface area contributed by atoms with Gasteiger partial charge in [0.15, 0.2) is 5.65 Å². The summed E-state index contributed by atoms with van der Waals surface area (Å²) in [5.41, 5.74) is 10.3. The highest BCUT2D eigenvalue weighted by atomic mass is 32.2. The molecule has 1 aliphatic heterocycles. The van der Waals surface area contributed by atoms with Crippen LogP contribution >= 0.6 is 11.8 Å². The predicted molar refractivity (Wildman–Crippen MR) is 148 cm³/mol. The van der Waals surface area contributed by atoms with E-state index in [-0.39, 0.29) is 18.1 Å². The summed E-state index contributed by atoms with van der Waals surface area (Å²) in [6.45, 7) is 6.32. The number of nitrogens with zero attached hydrogens (tertiary/aromatic N) is 4. The zero-order valence-corrected chi connectivity index (χ0v) is 22.7. The molecule has 1 aliphatic rings. The number of carboxylic acids is 1. The summed E-state index contributed by atoms with van der Waals surface area (Å²) in [7, 11) is 0. The van der Waals surface area contributed by atoms with Gasteiger partial charge in [-0.25, -0.2) is 24.2 Å². The van der Waals surface area contributed by atoms with Gasteiger partial charge in [-0.1, -0.05) is 30.7 Å². The lowest BCUT2D eigenvalue weighted by molar-refractivity contribution is 0.0125. The molecule has 0 aliphatic carbocycles. The average molecular weight is 548 g/mol. The second-order valence-corrected chi connectivity index (χ2v) is 10.7. The van der Waals surface area contributed by atoms with Gasteiger partial charge in [0.25, 0.3) is 0 Å². The Morgan fingerprint density at radius 1 is 1.21 bits per heavy atom. The van der Waals surface area contributed by atoms with E-state index in [1.807, 2.05) is 39.0 Å². The van der Waals surface area contributed by atoms with Crippen molar-refractivity contribution < 1.29 is 24.2 Å². The Balaban J connectivity index is 1.48. The molecule has 0 amide bonds. The van der Waals surface area contributed by atoms with Crippen LogP contribution in [0.2, 0.25) is 0 Å². The highest BCUT2D eigenvalue weighted by molar-refractivity contribution is 7.99. The number of benzene rings is 2. The number of carbonyl (C=O) groups is 2. The number of ether oxygens (including phenoxy) is 2. The Morgan fingerprint density at radius 2 is 1.97 bits per heavy atom. The van der Waals surface area contributed by atoms with Crippen LogP contribution in [0.3, 0.4) is 0 Å². The fourth-order valence-electron chi connectivity index (χ4n) is 4.89. The molecule has 3 N–H and O–H groups in total. The minimum Gasteiger partial charge on any atom is -0.478 e. The van der Waals surface area contributed by atoms with Crippen LogP contribution in [0, 0.1) is 13.8 Å². The zero-order valence-electron chi connectivity index (χ0n) is 21.9. The fourth-order valence-corrected chi connectivity index (χ4v) is 5.64. The third kappa shape index (κ3) is 5.19. The summed E-state index contributed by atoms with van der Waals surface area (Å²) in [6, 6.07) is 10.6. The quantitative estimate of drug-likeness (QED) is 0.238. The van der Waals surface area contributed by atoms with E-state index in [4.69, 9.17) is 20.3 Å². The van der Waals surface area contributed by atoms with E-state index in [9.17, 15) is 14.7 Å². The Labute approximate surface area is 229 Å². The Hall–Kier alpha value is -3.96. The first-order valence-electron chi connectivity index (χ1n) is 12.6. The van der Waals surface area contributed by atoms with E-state index in [0.29, 0.717) is 51.7 Å². The van der Waals surface area contributed by atoms with Crippen molar-refractivity contribution in [2.24, 2.45) is 0 Å². The van der Waals surface area contributed by atoms with Crippen molar-refractivity contribution in [2.45, 2.75) is 44.2 Å². The number of nitrogens with two attached hydrogens (primary N) is 1.